The number of aliphatic hydroxyl groups excluding tert-OH is 1. The summed E-state index contributed by atoms with van der Waals surface area (Å²) in [7, 11) is 0. The zero-order chi connectivity index (χ0) is 13.7. The molecule has 1 saturated carbocycles. The first-order valence-electron chi connectivity index (χ1n) is 7.57. The highest BCUT2D eigenvalue weighted by molar-refractivity contribution is 5.23. The van der Waals surface area contributed by atoms with Crippen LogP contribution in [0.25, 0.3) is 0 Å². The van der Waals surface area contributed by atoms with E-state index in [4.69, 9.17) is 4.74 Å². The minimum Gasteiger partial charge on any atom is -0.386 e. The van der Waals surface area contributed by atoms with Crippen molar-refractivity contribution in [1.82, 2.24) is 0 Å². The summed E-state index contributed by atoms with van der Waals surface area (Å²) in [5.41, 5.74) is 2.17. The van der Waals surface area contributed by atoms with Gasteiger partial charge in [0.2, 0.25) is 0 Å². The molecule has 19 heavy (non-hydrogen) atoms. The highest BCUT2D eigenvalue weighted by atomic mass is 16.5. The lowest BCUT2D eigenvalue weighted by Gasteiger charge is -2.31. The predicted octanol–water partition coefficient (Wildman–Crippen LogP) is 4.01. The van der Waals surface area contributed by atoms with Crippen molar-refractivity contribution in [2.75, 3.05) is 6.61 Å². The molecular weight excluding hydrogens is 236 g/mol. The Balaban J connectivity index is 1.85. The van der Waals surface area contributed by atoms with Crippen LogP contribution in [0.3, 0.4) is 0 Å². The smallest absolute Gasteiger partial charge is 0.102 e. The molecule has 1 aliphatic carbocycles. The predicted molar refractivity (Wildman–Crippen MR) is 78.1 cm³/mol. The van der Waals surface area contributed by atoms with Crippen molar-refractivity contribution in [2.24, 2.45) is 5.92 Å². The van der Waals surface area contributed by atoms with Crippen LogP contribution in [0.15, 0.2) is 24.3 Å². The Labute approximate surface area is 116 Å². The Morgan fingerprint density at radius 3 is 2.58 bits per heavy atom. The summed E-state index contributed by atoms with van der Waals surface area (Å²) in [6, 6.07) is 8.05. The van der Waals surface area contributed by atoms with E-state index in [2.05, 4.69) is 13.8 Å². The van der Waals surface area contributed by atoms with Gasteiger partial charge in [0.15, 0.2) is 0 Å². The van der Waals surface area contributed by atoms with Crippen LogP contribution >= 0.6 is 0 Å². The van der Waals surface area contributed by atoms with Crippen molar-refractivity contribution in [1.29, 1.82) is 0 Å². The van der Waals surface area contributed by atoms with Crippen LogP contribution in [0, 0.1) is 12.8 Å². The molecule has 2 heteroatoms. The van der Waals surface area contributed by atoms with E-state index in [0.29, 0.717) is 18.6 Å². The maximum atomic E-state index is 10.2. The van der Waals surface area contributed by atoms with E-state index < -0.39 is 6.10 Å². The average molecular weight is 262 g/mol. The highest BCUT2D eigenvalue weighted by Gasteiger charge is 2.25. The monoisotopic (exact) mass is 262 g/mol. The standard InChI is InChI=1S/C17H26O2/c1-3-14-6-4-5-7-17(14)19-12-16(18)15-10-8-13(2)9-11-15/h8-11,14,16-18H,3-7,12H2,1-2H3. The second-order valence-corrected chi connectivity index (χ2v) is 5.75. The Kier molecular flexibility index (Phi) is 5.41. The van der Waals surface area contributed by atoms with Gasteiger partial charge in [0.25, 0.3) is 0 Å². The Morgan fingerprint density at radius 1 is 1.21 bits per heavy atom. The van der Waals surface area contributed by atoms with Crippen molar-refractivity contribution in [3.8, 4) is 0 Å². The molecule has 0 aromatic heterocycles. The molecule has 0 radical (unpaired) electrons. The minimum absolute atomic E-state index is 0.346. The molecule has 0 aliphatic heterocycles. The molecule has 1 N–H and O–H groups in total. The fourth-order valence-electron chi connectivity index (χ4n) is 2.96. The zero-order valence-electron chi connectivity index (χ0n) is 12.1. The first-order valence-corrected chi connectivity index (χ1v) is 7.57. The van der Waals surface area contributed by atoms with Gasteiger partial charge < -0.3 is 9.84 Å². The molecule has 3 unspecified atom stereocenters. The van der Waals surface area contributed by atoms with E-state index in [9.17, 15) is 5.11 Å². The molecule has 1 aromatic carbocycles. The molecule has 0 saturated heterocycles. The average Bonchev–Trinajstić information content (AvgIpc) is 2.45. The third-order valence-corrected chi connectivity index (χ3v) is 4.29. The molecule has 2 nitrogen and oxygen atoms in total. The van der Waals surface area contributed by atoms with Gasteiger partial charge in [0, 0.05) is 0 Å². The number of aryl methyl sites for hydroxylation is 1. The van der Waals surface area contributed by atoms with E-state index in [-0.39, 0.29) is 0 Å². The topological polar surface area (TPSA) is 29.5 Å². The van der Waals surface area contributed by atoms with E-state index >= 15 is 0 Å². The Hall–Kier alpha value is -0.860. The summed E-state index contributed by atoms with van der Waals surface area (Å²) in [5.74, 6) is 0.680. The summed E-state index contributed by atoms with van der Waals surface area (Å²) in [6.45, 7) is 4.72. The van der Waals surface area contributed by atoms with Crippen LogP contribution in [0.1, 0.15) is 56.3 Å². The maximum Gasteiger partial charge on any atom is 0.102 e. The van der Waals surface area contributed by atoms with Crippen LogP contribution in [-0.4, -0.2) is 17.8 Å². The van der Waals surface area contributed by atoms with Gasteiger partial charge in [-0.2, -0.15) is 0 Å². The number of ether oxygens (including phenoxy) is 1. The lowest BCUT2D eigenvalue weighted by molar-refractivity contribution is -0.0514. The van der Waals surface area contributed by atoms with Gasteiger partial charge in [0.1, 0.15) is 6.10 Å². The lowest BCUT2D eigenvalue weighted by atomic mass is 9.85. The molecule has 2 rings (SSSR count). The van der Waals surface area contributed by atoms with Crippen LogP contribution in [-0.2, 0) is 4.74 Å². The van der Waals surface area contributed by atoms with Crippen LogP contribution in [0.2, 0.25) is 0 Å². The summed E-state index contributed by atoms with van der Waals surface area (Å²) >= 11 is 0. The number of rotatable bonds is 5. The van der Waals surface area contributed by atoms with Gasteiger partial charge in [-0.1, -0.05) is 56.0 Å². The zero-order valence-corrected chi connectivity index (χ0v) is 12.1. The molecule has 0 spiro atoms. The Bertz CT molecular complexity index is 371. The normalized spacial score (nSPS) is 25.2. The first kappa shape index (κ1) is 14.5. The molecule has 106 valence electrons. The quantitative estimate of drug-likeness (QED) is 0.868. The van der Waals surface area contributed by atoms with Gasteiger partial charge in [-0.05, 0) is 31.2 Å². The lowest BCUT2D eigenvalue weighted by Crippen LogP contribution is -2.28. The van der Waals surface area contributed by atoms with E-state index in [1.807, 2.05) is 24.3 Å². The van der Waals surface area contributed by atoms with Crippen LogP contribution < -0.4 is 0 Å². The summed E-state index contributed by atoms with van der Waals surface area (Å²) in [5, 5.41) is 10.2. The third kappa shape index (κ3) is 4.05. The number of hydrogen-bond acceptors (Lipinski definition) is 2. The summed E-state index contributed by atoms with van der Waals surface area (Å²) in [6.07, 6.45) is 6.06. The third-order valence-electron chi connectivity index (χ3n) is 4.29. The maximum absolute atomic E-state index is 10.2. The molecule has 1 fully saturated rings. The molecule has 0 bridgehead atoms. The number of benzene rings is 1. The van der Waals surface area contributed by atoms with Gasteiger partial charge in [-0.25, -0.2) is 0 Å². The van der Waals surface area contributed by atoms with Crippen LogP contribution in [0.5, 0.6) is 0 Å². The fourth-order valence-corrected chi connectivity index (χ4v) is 2.96. The van der Waals surface area contributed by atoms with Gasteiger partial charge >= 0.3 is 0 Å². The van der Waals surface area contributed by atoms with E-state index in [0.717, 1.165) is 12.0 Å². The van der Waals surface area contributed by atoms with Crippen molar-refractivity contribution >= 4 is 0 Å². The van der Waals surface area contributed by atoms with Gasteiger partial charge in [0.05, 0.1) is 12.7 Å². The van der Waals surface area contributed by atoms with E-state index in [1.165, 1.54) is 31.2 Å². The first-order chi connectivity index (χ1) is 9.20. The number of hydrogen-bond donors (Lipinski definition) is 1. The van der Waals surface area contributed by atoms with Gasteiger partial charge in [-0.15, -0.1) is 0 Å². The van der Waals surface area contributed by atoms with Crippen molar-refractivity contribution < 1.29 is 9.84 Å². The molecule has 1 aliphatic rings. The highest BCUT2D eigenvalue weighted by Crippen LogP contribution is 2.30. The second kappa shape index (κ2) is 7.06. The number of aliphatic hydroxyl groups is 1. The largest absolute Gasteiger partial charge is 0.386 e. The summed E-state index contributed by atoms with van der Waals surface area (Å²) in [4.78, 5) is 0. The molecule has 0 amide bonds. The fraction of sp³-hybridized carbons (Fsp3) is 0.647. The molecule has 1 aromatic rings. The van der Waals surface area contributed by atoms with Crippen LogP contribution in [0.4, 0.5) is 0 Å². The van der Waals surface area contributed by atoms with E-state index in [1.54, 1.807) is 0 Å². The van der Waals surface area contributed by atoms with Gasteiger partial charge in [-0.3, -0.25) is 0 Å². The molecular formula is C17H26O2. The summed E-state index contributed by atoms with van der Waals surface area (Å²) < 4.78 is 5.98. The molecule has 0 heterocycles. The second-order valence-electron chi connectivity index (χ2n) is 5.75. The Morgan fingerprint density at radius 2 is 1.89 bits per heavy atom. The van der Waals surface area contributed by atoms with Crippen molar-refractivity contribution in [2.45, 2.75) is 58.2 Å². The minimum atomic E-state index is -0.500. The SMILES string of the molecule is CCC1CCCCC1OCC(O)c1ccc(C)cc1. The van der Waals surface area contributed by atoms with Crippen molar-refractivity contribution in [3.63, 3.8) is 0 Å². The molecule has 3 atom stereocenters. The van der Waals surface area contributed by atoms with Crippen molar-refractivity contribution in [3.05, 3.63) is 35.4 Å².